The first-order chi connectivity index (χ1) is 12.0. The van der Waals surface area contributed by atoms with Crippen LogP contribution in [0.2, 0.25) is 0 Å². The minimum atomic E-state index is -0.855. The average Bonchev–Trinajstić information content (AvgIpc) is 2.62. The Morgan fingerprint density at radius 2 is 1.60 bits per heavy atom. The van der Waals surface area contributed by atoms with E-state index in [2.05, 4.69) is 10.9 Å². The molecule has 0 saturated heterocycles. The molecule has 2 N–H and O–H groups in total. The van der Waals surface area contributed by atoms with Crippen LogP contribution in [0.4, 0.5) is 4.39 Å². The van der Waals surface area contributed by atoms with Crippen LogP contribution in [0.5, 0.6) is 11.5 Å². The van der Waals surface area contributed by atoms with E-state index >= 15 is 0 Å². The number of carbonyl (C=O) groups excluding carboxylic acids is 2. The van der Waals surface area contributed by atoms with Crippen molar-refractivity contribution in [1.29, 1.82) is 0 Å². The predicted molar refractivity (Wildman–Crippen MR) is 89.5 cm³/mol. The van der Waals surface area contributed by atoms with Gasteiger partial charge >= 0.3 is 0 Å². The lowest BCUT2D eigenvalue weighted by Gasteiger charge is -2.15. The lowest BCUT2D eigenvalue weighted by Crippen LogP contribution is -2.47. The number of hydrogen-bond acceptors (Lipinski definition) is 4. The smallest absolute Gasteiger partial charge is 0.279 e. The molecule has 0 aromatic heterocycles. The molecule has 2 aromatic carbocycles. The van der Waals surface area contributed by atoms with Gasteiger partial charge in [0, 0.05) is 0 Å². The second-order valence-corrected chi connectivity index (χ2v) is 5.28. The highest BCUT2D eigenvalue weighted by Crippen LogP contribution is 2.13. The summed E-state index contributed by atoms with van der Waals surface area (Å²) >= 11 is 0. The quantitative estimate of drug-likeness (QED) is 0.785. The van der Waals surface area contributed by atoms with Crippen molar-refractivity contribution in [2.75, 3.05) is 7.11 Å². The number of hydrazine groups is 1. The topological polar surface area (TPSA) is 76.7 Å². The standard InChI is InChI=1S/C18H19FN2O4/c1-12(25-16-9-5-14(19)6-10-16)18(23)21-20-17(22)11-13-3-7-15(24-2)8-4-13/h3-10,12H,11H2,1-2H3,(H,20,22)(H,21,23)/t12-/m1/s1. The molecule has 0 aliphatic rings. The van der Waals surface area contributed by atoms with Gasteiger partial charge in [-0.05, 0) is 48.9 Å². The summed E-state index contributed by atoms with van der Waals surface area (Å²) in [7, 11) is 1.56. The van der Waals surface area contributed by atoms with Gasteiger partial charge in [0.15, 0.2) is 6.10 Å². The molecule has 0 heterocycles. The van der Waals surface area contributed by atoms with Crippen LogP contribution in [0, 0.1) is 5.82 Å². The maximum Gasteiger partial charge on any atom is 0.279 e. The molecule has 0 spiro atoms. The van der Waals surface area contributed by atoms with Gasteiger partial charge in [-0.2, -0.15) is 0 Å². The van der Waals surface area contributed by atoms with Gasteiger partial charge in [0.1, 0.15) is 17.3 Å². The maximum absolute atomic E-state index is 12.8. The average molecular weight is 346 g/mol. The van der Waals surface area contributed by atoms with Crippen LogP contribution >= 0.6 is 0 Å². The summed E-state index contributed by atoms with van der Waals surface area (Å²) < 4.78 is 23.2. The van der Waals surface area contributed by atoms with Crippen molar-refractivity contribution in [3.63, 3.8) is 0 Å². The zero-order chi connectivity index (χ0) is 18.2. The van der Waals surface area contributed by atoms with Crippen LogP contribution in [0.1, 0.15) is 12.5 Å². The minimum Gasteiger partial charge on any atom is -0.497 e. The van der Waals surface area contributed by atoms with E-state index in [0.29, 0.717) is 11.5 Å². The molecular formula is C18H19FN2O4. The molecule has 0 bridgehead atoms. The summed E-state index contributed by atoms with van der Waals surface area (Å²) in [5.41, 5.74) is 5.40. The Kier molecular flexibility index (Phi) is 6.33. The molecule has 6 nitrogen and oxygen atoms in total. The van der Waals surface area contributed by atoms with Crippen LogP contribution in [0.15, 0.2) is 48.5 Å². The molecule has 2 rings (SSSR count). The van der Waals surface area contributed by atoms with E-state index in [1.54, 1.807) is 31.4 Å². The SMILES string of the molecule is COc1ccc(CC(=O)NNC(=O)[C@@H](C)Oc2ccc(F)cc2)cc1. The normalized spacial score (nSPS) is 11.3. The number of carbonyl (C=O) groups is 2. The van der Waals surface area contributed by atoms with Gasteiger partial charge in [0.05, 0.1) is 13.5 Å². The lowest BCUT2D eigenvalue weighted by molar-refractivity contribution is -0.132. The number of hydrogen-bond donors (Lipinski definition) is 2. The summed E-state index contributed by atoms with van der Waals surface area (Å²) in [4.78, 5) is 23.8. The van der Waals surface area contributed by atoms with E-state index in [9.17, 15) is 14.0 Å². The number of rotatable bonds is 6. The van der Waals surface area contributed by atoms with Crippen LogP contribution in [0.25, 0.3) is 0 Å². The fraction of sp³-hybridized carbons (Fsp3) is 0.222. The summed E-state index contributed by atoms with van der Waals surface area (Å²) in [6.07, 6.45) is -0.746. The van der Waals surface area contributed by atoms with Gasteiger partial charge in [-0.3, -0.25) is 20.4 Å². The molecule has 0 unspecified atom stereocenters. The molecule has 0 aliphatic heterocycles. The van der Waals surface area contributed by atoms with Gasteiger partial charge in [-0.25, -0.2) is 4.39 Å². The maximum atomic E-state index is 12.8. The monoisotopic (exact) mass is 346 g/mol. The third kappa shape index (κ3) is 5.80. The number of methoxy groups -OCH3 is 1. The first-order valence-electron chi connectivity index (χ1n) is 7.62. The van der Waals surface area contributed by atoms with Crippen LogP contribution in [-0.4, -0.2) is 25.0 Å². The first kappa shape index (κ1) is 18.3. The Balaban J connectivity index is 1.77. The Morgan fingerprint density at radius 3 is 2.20 bits per heavy atom. The molecule has 0 radical (unpaired) electrons. The summed E-state index contributed by atoms with van der Waals surface area (Å²) in [5, 5.41) is 0. The van der Waals surface area contributed by atoms with Gasteiger partial charge in [0.25, 0.3) is 5.91 Å². The second-order valence-electron chi connectivity index (χ2n) is 5.28. The van der Waals surface area contributed by atoms with Crippen LogP contribution in [-0.2, 0) is 16.0 Å². The van der Waals surface area contributed by atoms with Crippen molar-refractivity contribution in [2.45, 2.75) is 19.4 Å². The molecule has 132 valence electrons. The van der Waals surface area contributed by atoms with Crippen molar-refractivity contribution in [1.82, 2.24) is 10.9 Å². The van der Waals surface area contributed by atoms with Crippen LogP contribution < -0.4 is 20.3 Å². The third-order valence-electron chi connectivity index (χ3n) is 3.34. The zero-order valence-electron chi connectivity index (χ0n) is 13.9. The Morgan fingerprint density at radius 1 is 1.00 bits per heavy atom. The van der Waals surface area contributed by atoms with Gasteiger partial charge in [-0.1, -0.05) is 12.1 Å². The second kappa shape index (κ2) is 8.68. The Bertz CT molecular complexity index is 717. The van der Waals surface area contributed by atoms with E-state index in [4.69, 9.17) is 9.47 Å². The van der Waals surface area contributed by atoms with E-state index in [1.807, 2.05) is 0 Å². The van der Waals surface area contributed by atoms with Crippen molar-refractivity contribution < 1.29 is 23.5 Å². The number of ether oxygens (including phenoxy) is 2. The molecule has 0 aliphatic carbocycles. The molecule has 0 saturated carbocycles. The van der Waals surface area contributed by atoms with Gasteiger partial charge in [-0.15, -0.1) is 0 Å². The van der Waals surface area contributed by atoms with E-state index < -0.39 is 17.8 Å². The van der Waals surface area contributed by atoms with E-state index in [0.717, 1.165) is 5.56 Å². The van der Waals surface area contributed by atoms with Crippen molar-refractivity contribution >= 4 is 11.8 Å². The summed E-state index contributed by atoms with van der Waals surface area (Å²) in [6, 6.07) is 12.3. The van der Waals surface area contributed by atoms with Crippen LogP contribution in [0.3, 0.4) is 0 Å². The molecule has 0 fully saturated rings. The predicted octanol–water partition coefficient (Wildman–Crippen LogP) is 1.99. The molecule has 2 aromatic rings. The lowest BCUT2D eigenvalue weighted by atomic mass is 10.1. The number of amides is 2. The minimum absolute atomic E-state index is 0.109. The van der Waals surface area contributed by atoms with Gasteiger partial charge in [0.2, 0.25) is 5.91 Å². The van der Waals surface area contributed by atoms with Gasteiger partial charge < -0.3 is 9.47 Å². The third-order valence-corrected chi connectivity index (χ3v) is 3.34. The highest BCUT2D eigenvalue weighted by Gasteiger charge is 2.15. The summed E-state index contributed by atoms with van der Waals surface area (Å²) in [5.74, 6) is -0.229. The first-order valence-corrected chi connectivity index (χ1v) is 7.62. The highest BCUT2D eigenvalue weighted by molar-refractivity contribution is 5.85. The fourth-order valence-electron chi connectivity index (χ4n) is 1.98. The number of benzene rings is 2. The number of halogens is 1. The Labute approximate surface area is 144 Å². The molecule has 1 atom stereocenters. The van der Waals surface area contributed by atoms with Crippen molar-refractivity contribution in [3.05, 3.63) is 59.9 Å². The largest absolute Gasteiger partial charge is 0.497 e. The van der Waals surface area contributed by atoms with Crippen molar-refractivity contribution in [2.24, 2.45) is 0 Å². The number of nitrogens with one attached hydrogen (secondary N) is 2. The zero-order valence-corrected chi connectivity index (χ0v) is 13.9. The molecular weight excluding hydrogens is 327 g/mol. The fourth-order valence-corrected chi connectivity index (χ4v) is 1.98. The van der Waals surface area contributed by atoms with Crippen molar-refractivity contribution in [3.8, 4) is 11.5 Å². The highest BCUT2D eigenvalue weighted by atomic mass is 19.1. The molecule has 25 heavy (non-hydrogen) atoms. The van der Waals surface area contributed by atoms with E-state index in [1.165, 1.54) is 31.2 Å². The summed E-state index contributed by atoms with van der Waals surface area (Å²) in [6.45, 7) is 1.52. The molecule has 2 amide bonds. The van der Waals surface area contributed by atoms with E-state index in [-0.39, 0.29) is 12.3 Å². The Hall–Kier alpha value is -3.09. The molecule has 7 heteroatoms.